The van der Waals surface area contributed by atoms with E-state index in [1.807, 2.05) is 0 Å². The Balaban J connectivity index is 1.42. The van der Waals surface area contributed by atoms with Gasteiger partial charge in [-0.1, -0.05) is 32.6 Å². The molecule has 1 aromatic carbocycles. The average molecular weight is 381 g/mol. The first kappa shape index (κ1) is 20.4. The van der Waals surface area contributed by atoms with Crippen LogP contribution in [0.3, 0.4) is 0 Å². The molecule has 0 aliphatic heterocycles. The average Bonchev–Trinajstić information content (AvgIpc) is 2.70. The van der Waals surface area contributed by atoms with E-state index >= 15 is 0 Å². The molecule has 0 N–H and O–H groups in total. The van der Waals surface area contributed by atoms with E-state index in [-0.39, 0.29) is 11.5 Å². The number of benzene rings is 1. The second kappa shape index (κ2) is 9.75. The van der Waals surface area contributed by atoms with E-state index < -0.39 is 11.6 Å². The lowest BCUT2D eigenvalue weighted by Crippen LogP contribution is -2.27. The molecule has 27 heavy (non-hydrogen) atoms. The molecule has 0 radical (unpaired) electrons. The minimum absolute atomic E-state index is 0.00956. The van der Waals surface area contributed by atoms with Crippen molar-refractivity contribution in [2.45, 2.75) is 71.1 Å². The molecule has 3 rings (SSSR count). The van der Waals surface area contributed by atoms with Gasteiger partial charge in [0.15, 0.2) is 11.5 Å². The van der Waals surface area contributed by atoms with Crippen LogP contribution in [0.4, 0.5) is 8.78 Å². The predicted octanol–water partition coefficient (Wildman–Crippen LogP) is 6.77. The van der Waals surface area contributed by atoms with Gasteiger partial charge in [-0.3, -0.25) is 0 Å². The summed E-state index contributed by atoms with van der Waals surface area (Å²) < 4.78 is 38.2. The van der Waals surface area contributed by atoms with E-state index in [9.17, 15) is 8.78 Å². The lowest BCUT2D eigenvalue weighted by Gasteiger charge is -2.37. The molecule has 0 atom stereocenters. The van der Waals surface area contributed by atoms with Crippen molar-refractivity contribution >= 4 is 0 Å². The first-order chi connectivity index (χ1) is 13.1. The molecule has 0 saturated heterocycles. The monoisotopic (exact) mass is 380 g/mol. The summed E-state index contributed by atoms with van der Waals surface area (Å²) in [7, 11) is 1.33. The highest BCUT2D eigenvalue weighted by Gasteiger charge is 2.31. The van der Waals surface area contributed by atoms with E-state index in [1.54, 1.807) is 0 Å². The molecule has 2 aliphatic rings. The van der Waals surface area contributed by atoms with Gasteiger partial charge in [-0.15, -0.1) is 0 Å². The van der Waals surface area contributed by atoms with Crippen molar-refractivity contribution in [1.82, 2.24) is 0 Å². The van der Waals surface area contributed by atoms with Crippen molar-refractivity contribution in [2.24, 2.45) is 23.7 Å². The van der Waals surface area contributed by atoms with Crippen LogP contribution in [0.15, 0.2) is 12.1 Å². The van der Waals surface area contributed by atoms with Gasteiger partial charge in [-0.05, 0) is 74.3 Å². The van der Waals surface area contributed by atoms with Gasteiger partial charge in [-0.2, -0.15) is 8.78 Å². The van der Waals surface area contributed by atoms with Crippen molar-refractivity contribution in [1.29, 1.82) is 0 Å². The zero-order valence-electron chi connectivity index (χ0n) is 16.8. The highest BCUT2D eigenvalue weighted by molar-refractivity contribution is 5.34. The molecule has 0 unspecified atom stereocenters. The molecular formula is C23H34F2O2. The fraction of sp³-hybridized carbons (Fsp3) is 0.739. The molecule has 152 valence electrons. The van der Waals surface area contributed by atoms with Crippen LogP contribution in [0.1, 0.15) is 71.1 Å². The van der Waals surface area contributed by atoms with Crippen molar-refractivity contribution in [2.75, 3.05) is 13.7 Å². The quantitative estimate of drug-likeness (QED) is 0.520. The summed E-state index contributed by atoms with van der Waals surface area (Å²) in [6.45, 7) is 2.76. The van der Waals surface area contributed by atoms with E-state index in [2.05, 4.69) is 6.92 Å². The van der Waals surface area contributed by atoms with E-state index in [4.69, 9.17) is 9.47 Å². The van der Waals surface area contributed by atoms with Crippen molar-refractivity contribution in [3.8, 4) is 11.5 Å². The van der Waals surface area contributed by atoms with Crippen LogP contribution >= 0.6 is 0 Å². The molecule has 2 nitrogen and oxygen atoms in total. The Morgan fingerprint density at radius 1 is 0.815 bits per heavy atom. The lowest BCUT2D eigenvalue weighted by molar-refractivity contribution is 0.120. The standard InChI is InChI=1S/C23H34F2O2/c1-3-4-16-5-9-18(10-6-16)19-11-7-17(8-12-19)15-27-21-14-13-20(26-2)22(24)23(21)25/h13-14,16-19H,3-12,15H2,1-2H3. The zero-order valence-corrected chi connectivity index (χ0v) is 16.8. The highest BCUT2D eigenvalue weighted by Crippen LogP contribution is 2.42. The second-order valence-electron chi connectivity index (χ2n) is 8.56. The fourth-order valence-electron chi connectivity index (χ4n) is 5.17. The Morgan fingerprint density at radius 2 is 1.33 bits per heavy atom. The lowest BCUT2D eigenvalue weighted by atomic mass is 9.69. The van der Waals surface area contributed by atoms with Gasteiger partial charge in [0, 0.05) is 0 Å². The van der Waals surface area contributed by atoms with Gasteiger partial charge in [0.25, 0.3) is 0 Å². The number of hydrogen-bond donors (Lipinski definition) is 0. The van der Waals surface area contributed by atoms with Crippen LogP contribution in [0.2, 0.25) is 0 Å². The van der Waals surface area contributed by atoms with Crippen molar-refractivity contribution in [3.05, 3.63) is 23.8 Å². The van der Waals surface area contributed by atoms with Crippen molar-refractivity contribution in [3.63, 3.8) is 0 Å². The molecule has 0 bridgehead atoms. The van der Waals surface area contributed by atoms with E-state index in [1.165, 1.54) is 70.6 Å². The Morgan fingerprint density at radius 3 is 1.89 bits per heavy atom. The Kier molecular flexibility index (Phi) is 7.37. The van der Waals surface area contributed by atoms with Crippen LogP contribution in [0, 0.1) is 35.3 Å². The third-order valence-corrected chi connectivity index (χ3v) is 6.85. The number of halogens is 2. The number of hydrogen-bond acceptors (Lipinski definition) is 2. The molecule has 2 saturated carbocycles. The molecule has 0 aromatic heterocycles. The van der Waals surface area contributed by atoms with Crippen LogP contribution in [-0.4, -0.2) is 13.7 Å². The van der Waals surface area contributed by atoms with Crippen LogP contribution < -0.4 is 9.47 Å². The third kappa shape index (κ3) is 5.14. The summed E-state index contributed by atoms with van der Waals surface area (Å²) in [6, 6.07) is 2.87. The molecule has 0 heterocycles. The molecular weight excluding hydrogens is 346 g/mol. The summed E-state index contributed by atoms with van der Waals surface area (Å²) in [4.78, 5) is 0. The largest absolute Gasteiger partial charge is 0.494 e. The summed E-state index contributed by atoms with van der Waals surface area (Å²) in [5.41, 5.74) is 0. The summed E-state index contributed by atoms with van der Waals surface area (Å²) >= 11 is 0. The Hall–Kier alpha value is -1.32. The molecule has 2 aliphatic carbocycles. The topological polar surface area (TPSA) is 18.5 Å². The fourth-order valence-corrected chi connectivity index (χ4v) is 5.17. The normalized spacial score (nSPS) is 28.7. The van der Waals surface area contributed by atoms with E-state index in [0.717, 1.165) is 30.6 Å². The van der Waals surface area contributed by atoms with Gasteiger partial charge in [0.1, 0.15) is 0 Å². The minimum Gasteiger partial charge on any atom is -0.494 e. The summed E-state index contributed by atoms with van der Waals surface area (Å²) in [5.74, 6) is 1.16. The van der Waals surface area contributed by atoms with Crippen LogP contribution in [0.5, 0.6) is 11.5 Å². The molecule has 0 spiro atoms. The van der Waals surface area contributed by atoms with E-state index in [0.29, 0.717) is 12.5 Å². The number of methoxy groups -OCH3 is 1. The zero-order chi connectivity index (χ0) is 19.2. The van der Waals surface area contributed by atoms with Crippen molar-refractivity contribution < 1.29 is 18.3 Å². The maximum atomic E-state index is 14.0. The van der Waals surface area contributed by atoms with Crippen LogP contribution in [-0.2, 0) is 0 Å². The minimum atomic E-state index is -0.975. The van der Waals surface area contributed by atoms with Gasteiger partial charge < -0.3 is 9.47 Å². The van der Waals surface area contributed by atoms with Gasteiger partial charge >= 0.3 is 0 Å². The molecule has 0 amide bonds. The third-order valence-electron chi connectivity index (χ3n) is 6.85. The summed E-state index contributed by atoms with van der Waals surface area (Å²) in [6.07, 6.45) is 13.2. The molecule has 4 heteroatoms. The maximum absolute atomic E-state index is 14.0. The second-order valence-corrected chi connectivity index (χ2v) is 8.56. The van der Waals surface area contributed by atoms with Gasteiger partial charge in [0.2, 0.25) is 11.6 Å². The first-order valence-electron chi connectivity index (χ1n) is 10.8. The maximum Gasteiger partial charge on any atom is 0.204 e. The Labute approximate surface area is 162 Å². The first-order valence-corrected chi connectivity index (χ1v) is 10.8. The Bertz CT molecular complexity index is 588. The van der Waals surface area contributed by atoms with Gasteiger partial charge in [-0.25, -0.2) is 0 Å². The SMILES string of the molecule is CCCC1CCC(C2CCC(COc3ccc(OC)c(F)c3F)CC2)CC1. The number of rotatable bonds is 7. The summed E-state index contributed by atoms with van der Waals surface area (Å²) in [5, 5.41) is 0. The molecule has 1 aromatic rings. The predicted molar refractivity (Wildman–Crippen MR) is 104 cm³/mol. The molecule has 2 fully saturated rings. The smallest absolute Gasteiger partial charge is 0.204 e. The number of ether oxygens (including phenoxy) is 2. The van der Waals surface area contributed by atoms with Gasteiger partial charge in [0.05, 0.1) is 13.7 Å². The highest BCUT2D eigenvalue weighted by atomic mass is 19.2. The van der Waals surface area contributed by atoms with Crippen LogP contribution in [0.25, 0.3) is 0 Å².